The van der Waals surface area contributed by atoms with E-state index < -0.39 is 0 Å². The molecule has 24 heavy (non-hydrogen) atoms. The lowest BCUT2D eigenvalue weighted by atomic mass is 10.3. The number of aromatic nitrogens is 4. The van der Waals surface area contributed by atoms with E-state index in [0.29, 0.717) is 22.9 Å². The third-order valence-electron chi connectivity index (χ3n) is 3.29. The second kappa shape index (κ2) is 6.25. The monoisotopic (exact) mass is 360 g/mol. The van der Waals surface area contributed by atoms with Gasteiger partial charge in [0.2, 0.25) is 5.89 Å². The van der Waals surface area contributed by atoms with E-state index in [4.69, 9.17) is 13.3 Å². The third kappa shape index (κ3) is 2.87. The second-order valence-corrected chi connectivity index (χ2v) is 7.19. The number of nitrogens with zero attached hydrogens (tertiary/aromatic N) is 4. The molecule has 0 bridgehead atoms. The van der Waals surface area contributed by atoms with Crippen LogP contribution in [0, 0.1) is 6.92 Å². The largest absolute Gasteiger partial charge is 0.469 e. The number of furan rings is 1. The quantitative estimate of drug-likeness (QED) is 0.477. The fraction of sp³-hybridized carbons (Fsp3) is 0.200. The Morgan fingerprint density at radius 1 is 1.08 bits per heavy atom. The summed E-state index contributed by atoms with van der Waals surface area (Å²) < 4.78 is 16.6. The second-order valence-electron chi connectivity index (χ2n) is 4.95. The third-order valence-corrected chi connectivity index (χ3v) is 5.07. The maximum absolute atomic E-state index is 5.72. The Morgan fingerprint density at radius 3 is 2.71 bits per heavy atom. The summed E-state index contributed by atoms with van der Waals surface area (Å²) in [7, 11) is 0. The van der Waals surface area contributed by atoms with Gasteiger partial charge in [-0.2, -0.15) is 0 Å². The molecule has 122 valence electrons. The molecule has 0 unspecified atom stereocenters. The van der Waals surface area contributed by atoms with Crippen molar-refractivity contribution in [2.45, 2.75) is 24.3 Å². The molecule has 0 aliphatic heterocycles. The molecule has 0 N–H and O–H groups in total. The summed E-state index contributed by atoms with van der Waals surface area (Å²) >= 11 is 2.92. The van der Waals surface area contributed by atoms with Crippen LogP contribution in [0.2, 0.25) is 0 Å². The number of thioether (sulfide) groups is 1. The predicted octanol–water partition coefficient (Wildman–Crippen LogP) is 4.60. The van der Waals surface area contributed by atoms with Gasteiger partial charge in [0.15, 0.2) is 0 Å². The number of hydrogen-bond acceptors (Lipinski definition) is 9. The van der Waals surface area contributed by atoms with Crippen molar-refractivity contribution in [2.75, 3.05) is 0 Å². The van der Waals surface area contributed by atoms with Crippen molar-refractivity contribution in [1.29, 1.82) is 0 Å². The standard InChI is InChI=1S/C15H12N4O3S2/c1-8-10(5-6-20-8)13-17-19-15(22-13)24-9(2)12-16-18-14(21-12)11-4-3-7-23-11/h3-7,9H,1-2H3/t9-/m0/s1. The molecule has 4 heterocycles. The maximum atomic E-state index is 5.72. The number of rotatable bonds is 5. The van der Waals surface area contributed by atoms with E-state index in [9.17, 15) is 0 Å². The van der Waals surface area contributed by atoms with Gasteiger partial charge in [0.25, 0.3) is 17.0 Å². The van der Waals surface area contributed by atoms with Gasteiger partial charge in [0.05, 0.1) is 22.0 Å². The van der Waals surface area contributed by atoms with Crippen LogP contribution in [0.3, 0.4) is 0 Å². The van der Waals surface area contributed by atoms with Crippen molar-refractivity contribution in [2.24, 2.45) is 0 Å². The highest BCUT2D eigenvalue weighted by Gasteiger charge is 2.20. The predicted molar refractivity (Wildman–Crippen MR) is 88.6 cm³/mol. The van der Waals surface area contributed by atoms with Gasteiger partial charge < -0.3 is 13.3 Å². The summed E-state index contributed by atoms with van der Waals surface area (Å²) in [5.41, 5.74) is 0.791. The SMILES string of the molecule is Cc1occc1-c1nnc(S[C@@H](C)c2nnc(-c3cccs3)o2)o1. The van der Waals surface area contributed by atoms with Crippen LogP contribution in [0.5, 0.6) is 0 Å². The highest BCUT2D eigenvalue weighted by atomic mass is 32.2. The molecule has 0 aromatic carbocycles. The Balaban J connectivity index is 1.49. The first kappa shape index (κ1) is 15.2. The molecular weight excluding hydrogens is 348 g/mol. The Labute approximate surface area is 145 Å². The van der Waals surface area contributed by atoms with Gasteiger partial charge in [-0.05, 0) is 31.4 Å². The summed E-state index contributed by atoms with van der Waals surface area (Å²) in [5.74, 6) is 2.21. The molecule has 4 aromatic heterocycles. The molecule has 0 aliphatic carbocycles. The van der Waals surface area contributed by atoms with E-state index >= 15 is 0 Å². The highest BCUT2D eigenvalue weighted by molar-refractivity contribution is 7.99. The molecule has 4 aromatic rings. The van der Waals surface area contributed by atoms with Gasteiger partial charge in [-0.3, -0.25) is 0 Å². The average Bonchev–Trinajstić information content (AvgIpc) is 3.34. The lowest BCUT2D eigenvalue weighted by Gasteiger charge is -2.01. The normalized spacial score (nSPS) is 12.6. The number of aryl methyl sites for hydroxylation is 1. The molecule has 9 heteroatoms. The zero-order valence-electron chi connectivity index (χ0n) is 12.8. The van der Waals surface area contributed by atoms with E-state index in [-0.39, 0.29) is 5.25 Å². The first-order valence-electron chi connectivity index (χ1n) is 7.12. The molecule has 0 saturated heterocycles. The molecule has 0 radical (unpaired) electrons. The van der Waals surface area contributed by atoms with Gasteiger partial charge >= 0.3 is 0 Å². The minimum atomic E-state index is -0.107. The van der Waals surface area contributed by atoms with Crippen molar-refractivity contribution in [3.05, 3.63) is 41.5 Å². The number of hydrogen-bond donors (Lipinski definition) is 0. The van der Waals surface area contributed by atoms with E-state index in [1.165, 1.54) is 11.8 Å². The number of thiophene rings is 1. The molecule has 4 rings (SSSR count). The fourth-order valence-corrected chi connectivity index (χ4v) is 3.43. The van der Waals surface area contributed by atoms with Gasteiger partial charge in [0.1, 0.15) is 5.76 Å². The molecule has 0 aliphatic rings. The topological polar surface area (TPSA) is 91.0 Å². The maximum Gasteiger partial charge on any atom is 0.277 e. The Hall–Kier alpha value is -2.39. The van der Waals surface area contributed by atoms with Gasteiger partial charge in [0, 0.05) is 0 Å². The van der Waals surface area contributed by atoms with E-state index in [1.807, 2.05) is 31.4 Å². The van der Waals surface area contributed by atoms with Crippen molar-refractivity contribution >= 4 is 23.1 Å². The van der Waals surface area contributed by atoms with E-state index in [0.717, 1.165) is 16.2 Å². The van der Waals surface area contributed by atoms with Crippen LogP contribution >= 0.6 is 23.1 Å². The molecule has 7 nitrogen and oxygen atoms in total. The highest BCUT2D eigenvalue weighted by Crippen LogP contribution is 2.36. The minimum absolute atomic E-state index is 0.107. The van der Waals surface area contributed by atoms with Crippen LogP contribution in [0.1, 0.15) is 23.8 Å². The summed E-state index contributed by atoms with van der Waals surface area (Å²) in [6.07, 6.45) is 1.59. The van der Waals surface area contributed by atoms with Crippen molar-refractivity contribution in [3.8, 4) is 22.2 Å². The molecule has 0 spiro atoms. The summed E-state index contributed by atoms with van der Waals surface area (Å²) in [5, 5.41) is 18.6. The molecule has 0 amide bonds. The van der Waals surface area contributed by atoms with Gasteiger partial charge in [-0.1, -0.05) is 17.8 Å². The van der Waals surface area contributed by atoms with Crippen LogP contribution in [0.4, 0.5) is 0 Å². The van der Waals surface area contributed by atoms with Gasteiger partial charge in [-0.15, -0.1) is 31.7 Å². The van der Waals surface area contributed by atoms with Crippen molar-refractivity contribution in [1.82, 2.24) is 20.4 Å². The minimum Gasteiger partial charge on any atom is -0.469 e. The first-order valence-corrected chi connectivity index (χ1v) is 8.88. The van der Waals surface area contributed by atoms with Crippen LogP contribution in [0.15, 0.2) is 48.3 Å². The van der Waals surface area contributed by atoms with Gasteiger partial charge in [-0.25, -0.2) is 0 Å². The van der Waals surface area contributed by atoms with Crippen LogP contribution in [0.25, 0.3) is 22.2 Å². The smallest absolute Gasteiger partial charge is 0.277 e. The van der Waals surface area contributed by atoms with E-state index in [1.54, 1.807) is 23.7 Å². The zero-order valence-corrected chi connectivity index (χ0v) is 14.4. The summed E-state index contributed by atoms with van der Waals surface area (Å²) in [6, 6.07) is 5.68. The van der Waals surface area contributed by atoms with E-state index in [2.05, 4.69) is 20.4 Å². The summed E-state index contributed by atoms with van der Waals surface area (Å²) in [6.45, 7) is 3.79. The zero-order chi connectivity index (χ0) is 16.5. The van der Waals surface area contributed by atoms with Crippen molar-refractivity contribution in [3.63, 3.8) is 0 Å². The molecular formula is C15H12N4O3S2. The van der Waals surface area contributed by atoms with Crippen molar-refractivity contribution < 1.29 is 13.3 Å². The average molecular weight is 360 g/mol. The molecule has 1 atom stereocenters. The lowest BCUT2D eigenvalue weighted by Crippen LogP contribution is -1.88. The molecule has 0 fully saturated rings. The Morgan fingerprint density at radius 2 is 1.96 bits per heavy atom. The first-order chi connectivity index (χ1) is 11.7. The van der Waals surface area contributed by atoms with Crippen LogP contribution < -0.4 is 0 Å². The molecule has 0 saturated carbocycles. The lowest BCUT2D eigenvalue weighted by molar-refractivity contribution is 0.459. The van der Waals surface area contributed by atoms with Crippen LogP contribution in [-0.2, 0) is 0 Å². The Kier molecular flexibility index (Phi) is 3.95. The fourth-order valence-electron chi connectivity index (χ4n) is 2.07. The van der Waals surface area contributed by atoms with Crippen LogP contribution in [-0.4, -0.2) is 20.4 Å². The summed E-state index contributed by atoms with van der Waals surface area (Å²) in [4.78, 5) is 0.946. The Bertz CT molecular complexity index is 942.